The number of hydrogen-bond donors (Lipinski definition) is 3. The molecule has 7 heteroatoms. The van der Waals surface area contributed by atoms with Crippen LogP contribution < -0.4 is 21.9 Å². The number of rotatable bonds is 3. The molecular formula is C10H14FN5O. The summed E-state index contributed by atoms with van der Waals surface area (Å²) in [6.07, 6.45) is 0. The lowest BCUT2D eigenvalue weighted by molar-refractivity contribution is 0.340. The Morgan fingerprint density at radius 1 is 1.35 bits per heavy atom. The van der Waals surface area contributed by atoms with Crippen molar-refractivity contribution in [1.82, 2.24) is 0 Å². The number of para-hydroxylation sites is 1. The molecule has 0 saturated heterocycles. The monoisotopic (exact) mass is 239 g/mol. The summed E-state index contributed by atoms with van der Waals surface area (Å²) in [7, 11) is 0. The summed E-state index contributed by atoms with van der Waals surface area (Å²) >= 11 is 0. The molecule has 1 aromatic rings. The minimum atomic E-state index is -0.565. The first kappa shape index (κ1) is 12.8. The number of benzene rings is 1. The molecule has 0 bridgehead atoms. The van der Waals surface area contributed by atoms with Crippen LogP contribution in [0, 0.1) is 5.82 Å². The van der Waals surface area contributed by atoms with Gasteiger partial charge in [-0.3, -0.25) is 0 Å². The van der Waals surface area contributed by atoms with Gasteiger partial charge in [-0.1, -0.05) is 6.07 Å². The third-order valence-corrected chi connectivity index (χ3v) is 1.72. The van der Waals surface area contributed by atoms with Gasteiger partial charge in [0.1, 0.15) is 11.4 Å². The van der Waals surface area contributed by atoms with E-state index in [1.54, 1.807) is 13.0 Å². The molecule has 0 radical (unpaired) electrons. The molecule has 6 N–H and O–H groups in total. The van der Waals surface area contributed by atoms with Gasteiger partial charge in [0.05, 0.1) is 6.61 Å². The fourth-order valence-corrected chi connectivity index (χ4v) is 1.15. The van der Waals surface area contributed by atoms with Crippen LogP contribution in [0.25, 0.3) is 0 Å². The maximum atomic E-state index is 13.5. The molecule has 92 valence electrons. The molecule has 0 aliphatic rings. The minimum Gasteiger partial charge on any atom is -0.491 e. The third-order valence-electron chi connectivity index (χ3n) is 1.72. The summed E-state index contributed by atoms with van der Waals surface area (Å²) < 4.78 is 18.7. The molecule has 6 nitrogen and oxygen atoms in total. The number of halogens is 1. The first-order valence-electron chi connectivity index (χ1n) is 4.89. The van der Waals surface area contributed by atoms with Crippen molar-refractivity contribution in [3.8, 4) is 5.75 Å². The fourth-order valence-electron chi connectivity index (χ4n) is 1.15. The van der Waals surface area contributed by atoms with E-state index in [0.29, 0.717) is 6.61 Å². The van der Waals surface area contributed by atoms with Crippen LogP contribution in [0.4, 0.5) is 10.1 Å². The van der Waals surface area contributed by atoms with Gasteiger partial charge < -0.3 is 21.9 Å². The largest absolute Gasteiger partial charge is 0.491 e. The molecule has 0 amide bonds. The molecule has 0 atom stereocenters. The van der Waals surface area contributed by atoms with E-state index >= 15 is 0 Å². The maximum absolute atomic E-state index is 13.5. The van der Waals surface area contributed by atoms with Crippen LogP contribution in [0.2, 0.25) is 0 Å². The number of hydrogen-bond acceptors (Lipinski definition) is 2. The lowest BCUT2D eigenvalue weighted by atomic mass is 10.3. The highest BCUT2D eigenvalue weighted by atomic mass is 19.1. The average molecular weight is 239 g/mol. The summed E-state index contributed by atoms with van der Waals surface area (Å²) in [6, 6.07) is 4.33. The van der Waals surface area contributed by atoms with Gasteiger partial charge in [-0.05, 0) is 19.1 Å². The summed E-state index contributed by atoms with van der Waals surface area (Å²) in [4.78, 5) is 7.26. The molecule has 0 aromatic heterocycles. The second kappa shape index (κ2) is 5.69. The van der Waals surface area contributed by atoms with Crippen molar-refractivity contribution < 1.29 is 9.13 Å². The maximum Gasteiger partial charge on any atom is 0.224 e. The van der Waals surface area contributed by atoms with Crippen LogP contribution in [0.5, 0.6) is 5.75 Å². The Kier molecular flexibility index (Phi) is 4.27. The van der Waals surface area contributed by atoms with Crippen LogP contribution in [-0.4, -0.2) is 18.5 Å². The Balaban J connectivity index is 3.16. The lowest BCUT2D eigenvalue weighted by Crippen LogP contribution is -2.26. The van der Waals surface area contributed by atoms with Gasteiger partial charge in [0, 0.05) is 0 Å². The van der Waals surface area contributed by atoms with E-state index in [2.05, 4.69) is 9.98 Å². The Bertz CT molecular complexity index is 454. The lowest BCUT2D eigenvalue weighted by Gasteiger charge is -2.07. The highest BCUT2D eigenvalue weighted by Gasteiger charge is 2.08. The van der Waals surface area contributed by atoms with E-state index in [0.717, 1.165) is 0 Å². The highest BCUT2D eigenvalue weighted by Crippen LogP contribution is 2.30. The second-order valence-corrected chi connectivity index (χ2v) is 3.03. The molecular weight excluding hydrogens is 225 g/mol. The summed E-state index contributed by atoms with van der Waals surface area (Å²) in [5.41, 5.74) is 15.6. The van der Waals surface area contributed by atoms with E-state index < -0.39 is 5.82 Å². The standard InChI is InChI=1S/C10H14FN5O/c1-2-17-7-5-3-4-6(11)8(7)15-10(14)16-9(12)13/h3-5H,2H2,1H3,(H6,12,13,14,15,16). The molecule has 0 aliphatic carbocycles. The van der Waals surface area contributed by atoms with Crippen LogP contribution in [0.15, 0.2) is 28.2 Å². The smallest absolute Gasteiger partial charge is 0.224 e. The number of nitrogens with two attached hydrogens (primary N) is 3. The molecule has 1 rings (SSSR count). The fraction of sp³-hybridized carbons (Fsp3) is 0.200. The van der Waals surface area contributed by atoms with Crippen molar-refractivity contribution in [2.75, 3.05) is 6.61 Å². The molecule has 1 aromatic carbocycles. The van der Waals surface area contributed by atoms with Crippen molar-refractivity contribution >= 4 is 17.6 Å². The van der Waals surface area contributed by atoms with Crippen molar-refractivity contribution in [3.63, 3.8) is 0 Å². The Morgan fingerprint density at radius 2 is 2.06 bits per heavy atom. The van der Waals surface area contributed by atoms with Gasteiger partial charge in [0.15, 0.2) is 11.8 Å². The van der Waals surface area contributed by atoms with Crippen molar-refractivity contribution in [2.45, 2.75) is 6.92 Å². The van der Waals surface area contributed by atoms with Crippen molar-refractivity contribution in [3.05, 3.63) is 24.0 Å². The summed E-state index contributed by atoms with van der Waals surface area (Å²) in [5.74, 6) is -0.775. The SMILES string of the molecule is CCOc1cccc(F)c1N=C(N)N=C(N)N. The second-order valence-electron chi connectivity index (χ2n) is 3.03. The zero-order valence-electron chi connectivity index (χ0n) is 9.35. The zero-order valence-corrected chi connectivity index (χ0v) is 9.35. The van der Waals surface area contributed by atoms with Crippen molar-refractivity contribution in [1.29, 1.82) is 0 Å². The number of guanidine groups is 2. The van der Waals surface area contributed by atoms with Crippen LogP contribution in [-0.2, 0) is 0 Å². The number of nitrogens with zero attached hydrogens (tertiary/aromatic N) is 2. The first-order chi connectivity index (χ1) is 8.04. The predicted molar refractivity (Wildman–Crippen MR) is 64.7 cm³/mol. The van der Waals surface area contributed by atoms with E-state index in [9.17, 15) is 4.39 Å². The molecule has 17 heavy (non-hydrogen) atoms. The van der Waals surface area contributed by atoms with E-state index in [-0.39, 0.29) is 23.4 Å². The van der Waals surface area contributed by atoms with Gasteiger partial charge in [-0.25, -0.2) is 9.38 Å². The van der Waals surface area contributed by atoms with Crippen LogP contribution in [0.1, 0.15) is 6.92 Å². The molecule has 0 fully saturated rings. The third kappa shape index (κ3) is 3.63. The van der Waals surface area contributed by atoms with Gasteiger partial charge in [-0.2, -0.15) is 4.99 Å². The van der Waals surface area contributed by atoms with Gasteiger partial charge >= 0.3 is 0 Å². The molecule has 0 unspecified atom stereocenters. The minimum absolute atomic E-state index is 0.0307. The Labute approximate surface area is 98.0 Å². The van der Waals surface area contributed by atoms with E-state index in [1.807, 2.05) is 0 Å². The molecule has 0 spiro atoms. The molecule has 0 aliphatic heterocycles. The number of aliphatic imine (C=N–C) groups is 2. The first-order valence-corrected chi connectivity index (χ1v) is 4.89. The summed E-state index contributed by atoms with van der Waals surface area (Å²) in [5, 5.41) is 0. The molecule has 0 saturated carbocycles. The topological polar surface area (TPSA) is 112 Å². The van der Waals surface area contributed by atoms with Crippen LogP contribution >= 0.6 is 0 Å². The quantitative estimate of drug-likeness (QED) is 0.524. The Morgan fingerprint density at radius 3 is 2.65 bits per heavy atom. The van der Waals surface area contributed by atoms with E-state index in [1.165, 1.54) is 12.1 Å². The summed E-state index contributed by atoms with van der Waals surface area (Å²) in [6.45, 7) is 2.16. The Hall–Kier alpha value is -2.31. The van der Waals surface area contributed by atoms with Crippen LogP contribution in [0.3, 0.4) is 0 Å². The number of ether oxygens (including phenoxy) is 1. The van der Waals surface area contributed by atoms with E-state index in [4.69, 9.17) is 21.9 Å². The van der Waals surface area contributed by atoms with Gasteiger partial charge in [0.25, 0.3) is 0 Å². The zero-order chi connectivity index (χ0) is 12.8. The molecule has 0 heterocycles. The average Bonchev–Trinajstić information content (AvgIpc) is 2.22. The van der Waals surface area contributed by atoms with Crippen molar-refractivity contribution in [2.24, 2.45) is 27.2 Å². The van der Waals surface area contributed by atoms with Gasteiger partial charge in [0.2, 0.25) is 5.96 Å². The normalized spacial score (nSPS) is 11.1. The highest BCUT2D eigenvalue weighted by molar-refractivity contribution is 5.93. The predicted octanol–water partition coefficient (Wildman–Crippen LogP) is 0.444. The van der Waals surface area contributed by atoms with Gasteiger partial charge in [-0.15, -0.1) is 0 Å².